The van der Waals surface area contributed by atoms with Crippen molar-refractivity contribution >= 4 is 38.9 Å². The van der Waals surface area contributed by atoms with Crippen LogP contribution in [0.4, 0.5) is 0 Å². The lowest BCUT2D eigenvalue weighted by atomic mass is 10.2. The molecular weight excluding hydrogens is 376 g/mol. The molecule has 0 atom stereocenters. The summed E-state index contributed by atoms with van der Waals surface area (Å²) >= 11 is 6.99. The third-order valence-corrected chi connectivity index (χ3v) is 6.62. The van der Waals surface area contributed by atoms with Crippen LogP contribution in [-0.4, -0.2) is 50.0 Å². The number of hydrogen-bond donors (Lipinski definition) is 0. The second-order valence-electron chi connectivity index (χ2n) is 4.96. The van der Waals surface area contributed by atoms with Crippen molar-refractivity contribution in [1.82, 2.24) is 9.29 Å². The highest BCUT2D eigenvalue weighted by Gasteiger charge is 2.40. The van der Waals surface area contributed by atoms with E-state index < -0.39 is 16.0 Å². The zero-order valence-corrected chi connectivity index (χ0v) is 14.9. The molecule has 128 valence electrons. The molecule has 1 fully saturated rings. The molecule has 0 spiro atoms. The van der Waals surface area contributed by atoms with Crippen molar-refractivity contribution in [3.63, 3.8) is 0 Å². The van der Waals surface area contributed by atoms with Crippen molar-refractivity contribution in [1.29, 1.82) is 0 Å². The second kappa shape index (κ2) is 6.67. The van der Waals surface area contributed by atoms with Crippen LogP contribution in [-0.2, 0) is 14.8 Å². The van der Waals surface area contributed by atoms with Crippen LogP contribution in [0.3, 0.4) is 0 Å². The molecular formula is C14H13ClN2O5S2. The minimum absolute atomic E-state index is 0.0475. The van der Waals surface area contributed by atoms with Gasteiger partial charge in [0.15, 0.2) is 0 Å². The molecule has 1 aliphatic rings. The van der Waals surface area contributed by atoms with Crippen molar-refractivity contribution in [3.8, 4) is 5.88 Å². The molecule has 0 N–H and O–H groups in total. The molecule has 10 heteroatoms. The quantitative estimate of drug-likeness (QED) is 0.728. The van der Waals surface area contributed by atoms with E-state index in [9.17, 15) is 13.2 Å². The van der Waals surface area contributed by atoms with Crippen LogP contribution in [0.2, 0.25) is 5.02 Å². The maximum Gasteiger partial charge on any atom is 0.349 e. The van der Waals surface area contributed by atoms with Crippen LogP contribution >= 0.6 is 22.9 Å². The normalized spacial score (nSPS) is 15.8. The maximum atomic E-state index is 12.6. The molecule has 0 aromatic carbocycles. The summed E-state index contributed by atoms with van der Waals surface area (Å²) in [6.45, 7) is 0.317. The summed E-state index contributed by atoms with van der Waals surface area (Å²) < 4.78 is 36.7. The molecule has 1 saturated heterocycles. The lowest BCUT2D eigenvalue weighted by Gasteiger charge is -2.37. The van der Waals surface area contributed by atoms with Crippen molar-refractivity contribution in [3.05, 3.63) is 39.7 Å². The molecule has 3 heterocycles. The monoisotopic (exact) mass is 388 g/mol. The van der Waals surface area contributed by atoms with Crippen LogP contribution in [0.5, 0.6) is 5.88 Å². The Balaban J connectivity index is 1.70. The number of nitrogens with zero attached hydrogens (tertiary/aromatic N) is 2. The Morgan fingerprint density at radius 1 is 1.42 bits per heavy atom. The van der Waals surface area contributed by atoms with E-state index >= 15 is 0 Å². The topological polar surface area (TPSA) is 85.8 Å². The summed E-state index contributed by atoms with van der Waals surface area (Å²) in [7, 11) is -2.56. The minimum atomic E-state index is -3.77. The van der Waals surface area contributed by atoms with Gasteiger partial charge in [0.25, 0.3) is 0 Å². The first-order valence-electron chi connectivity index (χ1n) is 6.86. The molecule has 0 aliphatic carbocycles. The predicted octanol–water partition coefficient (Wildman–Crippen LogP) is 2.04. The number of methoxy groups -OCH3 is 1. The summed E-state index contributed by atoms with van der Waals surface area (Å²) in [5.74, 6) is -0.399. The fraction of sp³-hybridized carbons (Fsp3) is 0.286. The van der Waals surface area contributed by atoms with Gasteiger partial charge in [-0.05, 0) is 23.6 Å². The van der Waals surface area contributed by atoms with Gasteiger partial charge in [-0.25, -0.2) is 18.2 Å². The van der Waals surface area contributed by atoms with Crippen LogP contribution in [0.25, 0.3) is 0 Å². The molecule has 0 unspecified atom stereocenters. The fourth-order valence-electron chi connectivity index (χ4n) is 2.17. The molecule has 0 radical (unpaired) electrons. The first-order valence-corrected chi connectivity index (χ1v) is 9.56. The maximum absolute atomic E-state index is 12.6. The van der Waals surface area contributed by atoms with E-state index in [1.807, 2.05) is 0 Å². The largest absolute Gasteiger partial charge is 0.470 e. The summed E-state index contributed by atoms with van der Waals surface area (Å²) in [5.41, 5.74) is 0. The molecule has 2 aromatic heterocycles. The van der Waals surface area contributed by atoms with Gasteiger partial charge in [0, 0.05) is 6.20 Å². The van der Waals surface area contributed by atoms with Gasteiger partial charge in [-0.15, -0.1) is 11.3 Å². The highest BCUT2D eigenvalue weighted by atomic mass is 35.5. The number of carbonyl (C=O) groups is 1. The van der Waals surface area contributed by atoms with E-state index in [0.29, 0.717) is 5.02 Å². The van der Waals surface area contributed by atoms with Gasteiger partial charge in [-0.2, -0.15) is 4.31 Å². The molecule has 2 aromatic rings. The van der Waals surface area contributed by atoms with Gasteiger partial charge in [0.1, 0.15) is 20.9 Å². The zero-order chi connectivity index (χ0) is 17.3. The highest BCUT2D eigenvalue weighted by molar-refractivity contribution is 7.89. The third-order valence-electron chi connectivity index (χ3n) is 3.44. The fourth-order valence-corrected chi connectivity index (χ4v) is 5.15. The van der Waals surface area contributed by atoms with Crippen molar-refractivity contribution in [2.45, 2.75) is 11.0 Å². The molecule has 7 nitrogen and oxygen atoms in total. The van der Waals surface area contributed by atoms with Crippen molar-refractivity contribution in [2.24, 2.45) is 0 Å². The molecule has 0 bridgehead atoms. The Morgan fingerprint density at radius 3 is 2.83 bits per heavy atom. The van der Waals surface area contributed by atoms with Gasteiger partial charge in [0.2, 0.25) is 15.9 Å². The van der Waals surface area contributed by atoms with Gasteiger partial charge >= 0.3 is 5.97 Å². The number of halogens is 1. The average Bonchev–Trinajstić information content (AvgIpc) is 3.01. The summed E-state index contributed by atoms with van der Waals surface area (Å²) in [5, 5.41) is 1.91. The summed E-state index contributed by atoms with van der Waals surface area (Å²) in [6, 6.07) is 4.72. The van der Waals surface area contributed by atoms with Crippen LogP contribution in [0.15, 0.2) is 34.7 Å². The number of ether oxygens (including phenoxy) is 2. The van der Waals surface area contributed by atoms with Crippen molar-refractivity contribution < 1.29 is 22.7 Å². The third kappa shape index (κ3) is 3.12. The van der Waals surface area contributed by atoms with Crippen LogP contribution in [0, 0.1) is 0 Å². The number of carbonyl (C=O) groups excluding carboxylic acids is 1. The van der Waals surface area contributed by atoms with Gasteiger partial charge in [0.05, 0.1) is 20.2 Å². The smallest absolute Gasteiger partial charge is 0.349 e. The second-order valence-corrected chi connectivity index (χ2v) is 8.19. The van der Waals surface area contributed by atoms with Gasteiger partial charge in [-0.1, -0.05) is 11.6 Å². The minimum Gasteiger partial charge on any atom is -0.470 e. The van der Waals surface area contributed by atoms with Crippen molar-refractivity contribution in [2.75, 3.05) is 20.2 Å². The van der Waals surface area contributed by atoms with E-state index in [1.54, 1.807) is 23.7 Å². The number of pyridine rings is 1. The van der Waals surface area contributed by atoms with E-state index in [1.165, 1.54) is 17.5 Å². The van der Waals surface area contributed by atoms with E-state index in [4.69, 9.17) is 16.3 Å². The summed E-state index contributed by atoms with van der Waals surface area (Å²) in [4.78, 5) is 15.7. The Morgan fingerprint density at radius 2 is 2.17 bits per heavy atom. The van der Waals surface area contributed by atoms with Gasteiger partial charge < -0.3 is 9.47 Å². The lowest BCUT2D eigenvalue weighted by molar-refractivity contribution is 0.0600. The first kappa shape index (κ1) is 17.2. The Hall–Kier alpha value is -1.68. The van der Waals surface area contributed by atoms with Crippen LogP contribution in [0.1, 0.15) is 9.67 Å². The molecule has 0 amide bonds. The average molecular weight is 389 g/mol. The zero-order valence-electron chi connectivity index (χ0n) is 12.5. The lowest BCUT2D eigenvalue weighted by Crippen LogP contribution is -2.56. The summed E-state index contributed by atoms with van der Waals surface area (Å²) in [6.07, 6.45) is 1.20. The number of rotatable bonds is 5. The molecule has 0 saturated carbocycles. The Labute approximate surface area is 147 Å². The van der Waals surface area contributed by atoms with Crippen LogP contribution < -0.4 is 4.74 Å². The SMILES string of the molecule is COC(=O)c1sccc1S(=O)(=O)N1CC(Oc2ncccc2Cl)C1. The molecule has 1 aliphatic heterocycles. The Bertz CT molecular complexity index is 862. The molecule has 24 heavy (non-hydrogen) atoms. The number of aromatic nitrogens is 1. The predicted molar refractivity (Wildman–Crippen MR) is 88.1 cm³/mol. The number of hydrogen-bond acceptors (Lipinski definition) is 7. The van der Waals surface area contributed by atoms with Gasteiger partial charge in [-0.3, -0.25) is 0 Å². The molecule has 3 rings (SSSR count). The number of thiophene rings is 1. The number of sulfonamides is 1. The standard InChI is InChI=1S/C14H13ClN2O5S2/c1-21-14(18)12-11(4-6-23-12)24(19,20)17-7-9(8-17)22-13-10(15)3-2-5-16-13/h2-6,9H,7-8H2,1H3. The number of esters is 1. The highest BCUT2D eigenvalue weighted by Crippen LogP contribution is 2.30. The van der Waals surface area contributed by atoms with E-state index in [0.717, 1.165) is 11.3 Å². The first-order chi connectivity index (χ1) is 11.4. The Kier molecular flexibility index (Phi) is 4.77. The van der Waals surface area contributed by atoms with E-state index in [2.05, 4.69) is 9.72 Å². The van der Waals surface area contributed by atoms with E-state index in [-0.39, 0.29) is 34.8 Å².